The van der Waals surface area contributed by atoms with Gasteiger partial charge in [0.1, 0.15) is 0 Å². The number of thiol groups is 1. The maximum atomic E-state index is 10.2. The molecule has 0 bridgehead atoms. The maximum Gasteiger partial charge on any atom is 0.222 e. The van der Waals surface area contributed by atoms with Crippen molar-refractivity contribution in [2.24, 2.45) is 0 Å². The average molecular weight is 183 g/mol. The monoisotopic (exact) mass is 183 g/mol. The second-order valence-corrected chi connectivity index (χ2v) is 2.93. The van der Waals surface area contributed by atoms with Crippen molar-refractivity contribution >= 4 is 22.7 Å². The van der Waals surface area contributed by atoms with Crippen LogP contribution in [-0.4, -0.2) is 8.42 Å². The molecule has 4 heteroatoms. The molecule has 12 heavy (non-hydrogen) atoms. The van der Waals surface area contributed by atoms with Crippen LogP contribution in [0.25, 0.3) is 6.08 Å². The summed E-state index contributed by atoms with van der Waals surface area (Å²) in [5.41, 5.74) is 1.53. The van der Waals surface area contributed by atoms with Gasteiger partial charge >= 0.3 is 0 Å². The number of nitrogens with one attached hydrogen (secondary N) is 1. The summed E-state index contributed by atoms with van der Waals surface area (Å²) in [7, 11) is -2.57. The Balaban J connectivity index is 2.84. The minimum atomic E-state index is -2.57. The molecule has 1 N–H and O–H groups in total. The molecule has 0 saturated carbocycles. The lowest BCUT2D eigenvalue weighted by molar-refractivity contribution is 0.619. The Labute approximate surface area is 72.8 Å². The zero-order chi connectivity index (χ0) is 8.97. The van der Waals surface area contributed by atoms with Crippen molar-refractivity contribution in [1.82, 2.24) is 0 Å². The van der Waals surface area contributed by atoms with E-state index < -0.39 is 10.9 Å². The summed E-state index contributed by atoms with van der Waals surface area (Å²) >= 11 is 0. The van der Waals surface area contributed by atoms with Crippen LogP contribution in [0.5, 0.6) is 0 Å². The van der Waals surface area contributed by atoms with Gasteiger partial charge in [0.2, 0.25) is 10.9 Å². The molecule has 0 unspecified atom stereocenters. The van der Waals surface area contributed by atoms with Gasteiger partial charge in [0, 0.05) is 5.69 Å². The van der Waals surface area contributed by atoms with Gasteiger partial charge in [0.25, 0.3) is 0 Å². The van der Waals surface area contributed by atoms with Crippen LogP contribution in [0.4, 0.5) is 5.69 Å². The minimum Gasteiger partial charge on any atom is -0.286 e. The Kier molecular flexibility index (Phi) is 2.88. The highest BCUT2D eigenvalue weighted by atomic mass is 32.2. The van der Waals surface area contributed by atoms with Crippen molar-refractivity contribution < 1.29 is 8.42 Å². The topological polar surface area (TPSA) is 46.2 Å². The van der Waals surface area contributed by atoms with Gasteiger partial charge in [0.05, 0.1) is 0 Å². The molecule has 1 aromatic carbocycles. The Bertz CT molecular complexity index is 333. The number of benzene rings is 1. The summed E-state index contributed by atoms with van der Waals surface area (Å²) in [5, 5.41) is 0. The second-order valence-electron chi connectivity index (χ2n) is 2.20. The summed E-state index contributed by atoms with van der Waals surface area (Å²) in [6.45, 7) is 3.58. The first kappa shape index (κ1) is 8.80. The number of hydrogen-bond donors (Lipinski definition) is 2. The third-order valence-electron chi connectivity index (χ3n) is 1.37. The third kappa shape index (κ3) is 2.39. The molecule has 1 rings (SSSR count). The van der Waals surface area contributed by atoms with Crippen molar-refractivity contribution in [3.05, 3.63) is 36.4 Å². The van der Waals surface area contributed by atoms with Gasteiger partial charge < -0.3 is 0 Å². The zero-order valence-corrected chi connectivity index (χ0v) is 7.25. The molecule has 0 saturated heterocycles. The molecular formula is C8H9NO2S. The van der Waals surface area contributed by atoms with Gasteiger partial charge in [-0.25, -0.2) is 8.42 Å². The number of anilines is 1. The molecule has 0 spiro atoms. The molecule has 0 heterocycles. The van der Waals surface area contributed by atoms with Crippen LogP contribution >= 0.6 is 0 Å². The van der Waals surface area contributed by atoms with E-state index in [1.807, 2.05) is 0 Å². The standard InChI is InChI=1S/C8H9NO2S/c1-2-7-3-5-8(6-4-7)9-12(10)11/h2-6,12H,1H2,(H,9,10,11). The van der Waals surface area contributed by atoms with Gasteiger partial charge in [-0.05, 0) is 17.7 Å². The molecule has 64 valence electrons. The van der Waals surface area contributed by atoms with Crippen LogP contribution in [-0.2, 0) is 10.9 Å². The van der Waals surface area contributed by atoms with Crippen LogP contribution < -0.4 is 4.72 Å². The summed E-state index contributed by atoms with van der Waals surface area (Å²) < 4.78 is 22.7. The van der Waals surface area contributed by atoms with E-state index >= 15 is 0 Å². The highest BCUT2D eigenvalue weighted by Gasteiger charge is 1.90. The first-order valence-corrected chi connectivity index (χ1v) is 4.53. The number of rotatable bonds is 3. The first-order chi connectivity index (χ1) is 5.72. The quantitative estimate of drug-likeness (QED) is 0.693. The second kappa shape index (κ2) is 3.92. The normalized spacial score (nSPS) is 9.75. The molecule has 0 aliphatic carbocycles. The molecule has 0 fully saturated rings. The molecule has 0 radical (unpaired) electrons. The molecule has 0 aliphatic heterocycles. The zero-order valence-electron chi connectivity index (χ0n) is 6.36. The van der Waals surface area contributed by atoms with E-state index in [1.54, 1.807) is 30.3 Å². The van der Waals surface area contributed by atoms with Crippen molar-refractivity contribution in [3.8, 4) is 0 Å². The maximum absolute atomic E-state index is 10.2. The van der Waals surface area contributed by atoms with Gasteiger partial charge in [-0.15, -0.1) is 0 Å². The fourth-order valence-electron chi connectivity index (χ4n) is 0.799. The Hall–Kier alpha value is -1.29. The van der Waals surface area contributed by atoms with E-state index in [4.69, 9.17) is 0 Å². The predicted molar refractivity (Wildman–Crippen MR) is 50.5 cm³/mol. The van der Waals surface area contributed by atoms with E-state index in [2.05, 4.69) is 11.3 Å². The Morgan fingerprint density at radius 2 is 1.83 bits per heavy atom. The van der Waals surface area contributed by atoms with Gasteiger partial charge in [-0.2, -0.15) is 0 Å². The smallest absolute Gasteiger partial charge is 0.222 e. The molecule has 0 atom stereocenters. The molecule has 1 aromatic rings. The summed E-state index contributed by atoms with van der Waals surface area (Å²) in [6, 6.07) is 6.94. The lowest BCUT2D eigenvalue weighted by atomic mass is 10.2. The summed E-state index contributed by atoms with van der Waals surface area (Å²) in [6.07, 6.45) is 1.70. The van der Waals surface area contributed by atoms with Crippen LogP contribution in [0.3, 0.4) is 0 Å². The van der Waals surface area contributed by atoms with Gasteiger partial charge in [0.15, 0.2) is 0 Å². The molecule has 0 aromatic heterocycles. The van der Waals surface area contributed by atoms with Crippen molar-refractivity contribution in [2.45, 2.75) is 0 Å². The average Bonchev–Trinajstić information content (AvgIpc) is 2.05. The van der Waals surface area contributed by atoms with Crippen LogP contribution in [0.2, 0.25) is 0 Å². The summed E-state index contributed by atoms with van der Waals surface area (Å²) in [5.74, 6) is 0. The summed E-state index contributed by atoms with van der Waals surface area (Å²) in [4.78, 5) is 0. The largest absolute Gasteiger partial charge is 0.286 e. The molecule has 0 aliphatic rings. The fraction of sp³-hybridized carbons (Fsp3) is 0. The van der Waals surface area contributed by atoms with Crippen LogP contribution in [0, 0.1) is 0 Å². The lowest BCUT2D eigenvalue weighted by Crippen LogP contribution is -1.93. The van der Waals surface area contributed by atoms with E-state index in [0.717, 1.165) is 5.56 Å². The highest BCUT2D eigenvalue weighted by molar-refractivity contribution is 7.73. The first-order valence-electron chi connectivity index (χ1n) is 3.36. The highest BCUT2D eigenvalue weighted by Crippen LogP contribution is 2.09. The fourth-order valence-corrected chi connectivity index (χ4v) is 1.16. The van der Waals surface area contributed by atoms with E-state index in [-0.39, 0.29) is 0 Å². The van der Waals surface area contributed by atoms with E-state index in [0.29, 0.717) is 5.69 Å². The van der Waals surface area contributed by atoms with Crippen molar-refractivity contribution in [3.63, 3.8) is 0 Å². The Morgan fingerprint density at radius 3 is 2.25 bits per heavy atom. The van der Waals surface area contributed by atoms with E-state index in [9.17, 15) is 8.42 Å². The number of hydrogen-bond acceptors (Lipinski definition) is 2. The SMILES string of the molecule is C=Cc1ccc(N[SH](=O)=O)cc1. The van der Waals surface area contributed by atoms with E-state index in [1.165, 1.54) is 0 Å². The Morgan fingerprint density at radius 1 is 1.25 bits per heavy atom. The lowest BCUT2D eigenvalue weighted by Gasteiger charge is -1.97. The van der Waals surface area contributed by atoms with Crippen LogP contribution in [0.15, 0.2) is 30.8 Å². The van der Waals surface area contributed by atoms with Gasteiger partial charge in [-0.1, -0.05) is 24.8 Å². The van der Waals surface area contributed by atoms with Crippen molar-refractivity contribution in [1.29, 1.82) is 0 Å². The van der Waals surface area contributed by atoms with Gasteiger partial charge in [-0.3, -0.25) is 4.72 Å². The predicted octanol–water partition coefficient (Wildman–Crippen LogP) is 1.27. The minimum absolute atomic E-state index is 0.566. The van der Waals surface area contributed by atoms with Crippen LogP contribution in [0.1, 0.15) is 5.56 Å². The third-order valence-corrected chi connectivity index (χ3v) is 1.81. The molecule has 3 nitrogen and oxygen atoms in total. The molecule has 0 amide bonds. The molecular weight excluding hydrogens is 174 g/mol. The van der Waals surface area contributed by atoms with Crippen molar-refractivity contribution in [2.75, 3.05) is 4.72 Å².